The molecule has 0 aromatic heterocycles. The summed E-state index contributed by atoms with van der Waals surface area (Å²) in [5.41, 5.74) is 5.37. The molecule has 35 heavy (non-hydrogen) atoms. The number of benzene rings is 3. The molecule has 0 radical (unpaired) electrons. The fourth-order valence-electron chi connectivity index (χ4n) is 2.97. The Bertz CT molecular complexity index is 1200. The Labute approximate surface area is 206 Å². The number of carbonyl (C=O) groups is 1. The molecule has 0 atom stereocenters. The third-order valence-electron chi connectivity index (χ3n) is 5.06. The summed E-state index contributed by atoms with van der Waals surface area (Å²) >= 11 is 0. The minimum Gasteiger partial charge on any atom is -0.460 e. The van der Waals surface area contributed by atoms with Crippen LogP contribution in [0.5, 0.6) is 0 Å². The minimum atomic E-state index is -0.377. The zero-order chi connectivity index (χ0) is 25.2. The van der Waals surface area contributed by atoms with E-state index in [2.05, 4.69) is 27.0 Å². The standard InChI is InChI=1S/C27H30N6O2/c1-20(2)27(34)35-18-17-33(5)26-15-11-22(12-16-26)29-31-24-8-6-7-23(19-24)30-28-21-9-13-25(14-10-21)32(3)4/h6-16,19H,1,17-18H2,2-5H3. The molecule has 0 fully saturated rings. The first-order chi connectivity index (χ1) is 16.8. The van der Waals surface area contributed by atoms with E-state index in [9.17, 15) is 4.79 Å². The molecule has 3 rings (SSSR count). The Kier molecular flexibility index (Phi) is 8.83. The lowest BCUT2D eigenvalue weighted by Crippen LogP contribution is -2.23. The second-order valence-corrected chi connectivity index (χ2v) is 8.18. The number of anilines is 2. The van der Waals surface area contributed by atoms with Crippen LogP contribution in [0, 0.1) is 0 Å². The van der Waals surface area contributed by atoms with Crippen molar-refractivity contribution in [1.82, 2.24) is 0 Å². The molecule has 0 saturated carbocycles. The van der Waals surface area contributed by atoms with Crippen molar-refractivity contribution in [3.63, 3.8) is 0 Å². The maximum Gasteiger partial charge on any atom is 0.333 e. The van der Waals surface area contributed by atoms with E-state index in [1.165, 1.54) is 0 Å². The maximum absolute atomic E-state index is 11.5. The number of hydrogen-bond acceptors (Lipinski definition) is 8. The van der Waals surface area contributed by atoms with Gasteiger partial charge in [0.05, 0.1) is 29.3 Å². The van der Waals surface area contributed by atoms with Crippen molar-refractivity contribution in [2.45, 2.75) is 6.92 Å². The smallest absolute Gasteiger partial charge is 0.333 e. The first kappa shape index (κ1) is 25.3. The number of carbonyl (C=O) groups excluding carboxylic acids is 1. The summed E-state index contributed by atoms with van der Waals surface area (Å²) in [4.78, 5) is 15.5. The lowest BCUT2D eigenvalue weighted by Gasteiger charge is -2.19. The first-order valence-corrected chi connectivity index (χ1v) is 11.2. The van der Waals surface area contributed by atoms with E-state index >= 15 is 0 Å². The number of rotatable bonds is 10. The van der Waals surface area contributed by atoms with Gasteiger partial charge in [0.2, 0.25) is 0 Å². The molecule has 0 aliphatic heterocycles. The molecular formula is C27H30N6O2. The van der Waals surface area contributed by atoms with E-state index in [-0.39, 0.29) is 5.97 Å². The minimum absolute atomic E-state index is 0.290. The fraction of sp³-hybridized carbons (Fsp3) is 0.222. The summed E-state index contributed by atoms with van der Waals surface area (Å²) in [7, 11) is 5.93. The SMILES string of the molecule is C=C(C)C(=O)OCCN(C)c1ccc(N=Nc2cccc(N=Nc3ccc(N(C)C)cc3)c2)cc1. The second kappa shape index (κ2) is 12.2. The molecule has 0 spiro atoms. The van der Waals surface area contributed by atoms with E-state index in [1.807, 2.05) is 104 Å². The highest BCUT2D eigenvalue weighted by atomic mass is 16.5. The van der Waals surface area contributed by atoms with Gasteiger partial charge in [0.25, 0.3) is 0 Å². The molecule has 8 nitrogen and oxygen atoms in total. The van der Waals surface area contributed by atoms with Gasteiger partial charge in [-0.15, -0.1) is 0 Å². The monoisotopic (exact) mass is 470 g/mol. The summed E-state index contributed by atoms with van der Waals surface area (Å²) in [5, 5.41) is 17.2. The lowest BCUT2D eigenvalue weighted by atomic mass is 10.2. The van der Waals surface area contributed by atoms with Crippen molar-refractivity contribution in [3.05, 3.63) is 84.9 Å². The van der Waals surface area contributed by atoms with Crippen molar-refractivity contribution in [3.8, 4) is 0 Å². The molecule has 0 aliphatic rings. The largest absolute Gasteiger partial charge is 0.460 e. The molecule has 3 aromatic carbocycles. The van der Waals surface area contributed by atoms with E-state index < -0.39 is 0 Å². The van der Waals surface area contributed by atoms with Crippen LogP contribution < -0.4 is 9.80 Å². The van der Waals surface area contributed by atoms with Crippen LogP contribution in [0.4, 0.5) is 34.1 Å². The summed E-state index contributed by atoms with van der Waals surface area (Å²) < 4.78 is 5.14. The van der Waals surface area contributed by atoms with Crippen LogP contribution in [-0.2, 0) is 9.53 Å². The second-order valence-electron chi connectivity index (χ2n) is 8.18. The van der Waals surface area contributed by atoms with Gasteiger partial charge in [-0.25, -0.2) is 4.79 Å². The van der Waals surface area contributed by atoms with Gasteiger partial charge < -0.3 is 14.5 Å². The predicted molar refractivity (Wildman–Crippen MR) is 141 cm³/mol. The topological polar surface area (TPSA) is 82.2 Å². The quantitative estimate of drug-likeness (QED) is 0.179. The zero-order valence-electron chi connectivity index (χ0n) is 20.5. The average Bonchev–Trinajstić information content (AvgIpc) is 2.86. The number of nitrogens with zero attached hydrogens (tertiary/aromatic N) is 6. The average molecular weight is 471 g/mol. The fourth-order valence-corrected chi connectivity index (χ4v) is 2.97. The van der Waals surface area contributed by atoms with E-state index in [0.29, 0.717) is 30.1 Å². The highest BCUT2D eigenvalue weighted by molar-refractivity contribution is 5.86. The molecule has 180 valence electrons. The van der Waals surface area contributed by atoms with Gasteiger partial charge in [0.1, 0.15) is 6.61 Å². The number of azo groups is 2. The van der Waals surface area contributed by atoms with Gasteiger partial charge in [0.15, 0.2) is 0 Å². The zero-order valence-corrected chi connectivity index (χ0v) is 20.5. The molecular weight excluding hydrogens is 440 g/mol. The van der Waals surface area contributed by atoms with Crippen LogP contribution >= 0.6 is 0 Å². The van der Waals surface area contributed by atoms with Gasteiger partial charge in [-0.05, 0) is 73.7 Å². The van der Waals surface area contributed by atoms with E-state index in [4.69, 9.17) is 4.74 Å². The molecule has 8 heteroatoms. The van der Waals surface area contributed by atoms with Gasteiger partial charge in [-0.1, -0.05) is 12.6 Å². The van der Waals surface area contributed by atoms with Crippen LogP contribution in [0.2, 0.25) is 0 Å². The third-order valence-corrected chi connectivity index (χ3v) is 5.06. The number of ether oxygens (including phenoxy) is 1. The number of hydrogen-bond donors (Lipinski definition) is 0. The summed E-state index contributed by atoms with van der Waals surface area (Å²) in [6.45, 7) is 6.07. The van der Waals surface area contributed by atoms with Gasteiger partial charge in [0, 0.05) is 38.1 Å². The molecule has 0 heterocycles. The normalized spacial score (nSPS) is 11.1. The Morgan fingerprint density at radius 2 is 1.26 bits per heavy atom. The maximum atomic E-state index is 11.5. The molecule has 0 saturated heterocycles. The molecule has 0 N–H and O–H groups in total. The van der Waals surface area contributed by atoms with Crippen LogP contribution in [0.15, 0.2) is 105 Å². The number of esters is 1. The summed E-state index contributed by atoms with van der Waals surface area (Å²) in [6.07, 6.45) is 0. The molecule has 0 amide bonds. The predicted octanol–water partition coefficient (Wildman–Crippen LogP) is 7.14. The Morgan fingerprint density at radius 1 is 0.771 bits per heavy atom. The first-order valence-electron chi connectivity index (χ1n) is 11.2. The molecule has 0 aliphatic carbocycles. The highest BCUT2D eigenvalue weighted by Crippen LogP contribution is 2.26. The van der Waals surface area contributed by atoms with E-state index in [0.717, 1.165) is 22.7 Å². The van der Waals surface area contributed by atoms with E-state index in [1.54, 1.807) is 6.92 Å². The summed E-state index contributed by atoms with van der Waals surface area (Å²) in [6, 6.07) is 23.0. The number of likely N-dealkylation sites (N-methyl/N-ethyl adjacent to an activating group) is 1. The van der Waals surface area contributed by atoms with Crippen LogP contribution in [-0.4, -0.2) is 40.3 Å². The highest BCUT2D eigenvalue weighted by Gasteiger charge is 2.05. The van der Waals surface area contributed by atoms with Crippen molar-refractivity contribution in [1.29, 1.82) is 0 Å². The molecule has 0 unspecified atom stereocenters. The van der Waals surface area contributed by atoms with Crippen molar-refractivity contribution in [2.24, 2.45) is 20.5 Å². The Hall–Kier alpha value is -4.33. The van der Waals surface area contributed by atoms with Crippen molar-refractivity contribution >= 4 is 40.1 Å². The van der Waals surface area contributed by atoms with Gasteiger partial charge >= 0.3 is 5.97 Å². The summed E-state index contributed by atoms with van der Waals surface area (Å²) in [5.74, 6) is -0.377. The van der Waals surface area contributed by atoms with Gasteiger partial charge in [-0.3, -0.25) is 0 Å². The Balaban J connectivity index is 1.57. The van der Waals surface area contributed by atoms with Crippen molar-refractivity contribution in [2.75, 3.05) is 44.1 Å². The van der Waals surface area contributed by atoms with Crippen LogP contribution in [0.3, 0.4) is 0 Å². The third kappa shape index (κ3) is 7.89. The van der Waals surface area contributed by atoms with Crippen molar-refractivity contribution < 1.29 is 9.53 Å². The van der Waals surface area contributed by atoms with Gasteiger partial charge in [-0.2, -0.15) is 20.5 Å². The lowest BCUT2D eigenvalue weighted by molar-refractivity contribution is -0.138. The molecule has 3 aromatic rings. The van der Waals surface area contributed by atoms with Crippen LogP contribution in [0.25, 0.3) is 0 Å². The van der Waals surface area contributed by atoms with Crippen LogP contribution in [0.1, 0.15) is 6.92 Å². The molecule has 0 bridgehead atoms. The Morgan fingerprint density at radius 3 is 1.74 bits per heavy atom.